The lowest BCUT2D eigenvalue weighted by Gasteiger charge is -2.10. The number of esters is 2. The Balaban J connectivity index is 1.34. The molecule has 5 aromatic rings. The molecule has 2 aromatic carbocycles. The van der Waals surface area contributed by atoms with Gasteiger partial charge in [-0.25, -0.2) is 9.59 Å². The zero-order valence-electron chi connectivity index (χ0n) is 25.6. The molecule has 0 fully saturated rings. The van der Waals surface area contributed by atoms with E-state index in [0.717, 1.165) is 22.3 Å². The molecule has 234 valence electrons. The van der Waals surface area contributed by atoms with Crippen LogP contribution in [0.3, 0.4) is 0 Å². The van der Waals surface area contributed by atoms with Gasteiger partial charge in [-0.3, -0.25) is 14.6 Å². The predicted molar refractivity (Wildman–Crippen MR) is 181 cm³/mol. The zero-order valence-corrected chi connectivity index (χ0v) is 27.3. The van der Waals surface area contributed by atoms with Crippen LogP contribution in [0.4, 0.5) is 10.0 Å². The van der Waals surface area contributed by atoms with Gasteiger partial charge in [-0.05, 0) is 51.0 Å². The first-order valence-electron chi connectivity index (χ1n) is 14.5. The Kier molecular flexibility index (Phi) is 10.0. The molecule has 9 nitrogen and oxygen atoms in total. The van der Waals surface area contributed by atoms with Crippen molar-refractivity contribution in [3.63, 3.8) is 0 Å². The largest absolute Gasteiger partial charge is 0.462 e. The highest BCUT2D eigenvalue weighted by atomic mass is 32.1. The van der Waals surface area contributed by atoms with Gasteiger partial charge in [-0.1, -0.05) is 59.7 Å². The maximum absolute atomic E-state index is 13.2. The van der Waals surface area contributed by atoms with Crippen LogP contribution in [0.2, 0.25) is 0 Å². The lowest BCUT2D eigenvalue weighted by atomic mass is 10.0. The third kappa shape index (κ3) is 7.06. The van der Waals surface area contributed by atoms with E-state index in [1.165, 1.54) is 41.0 Å². The minimum atomic E-state index is -0.555. The van der Waals surface area contributed by atoms with Crippen LogP contribution >= 0.6 is 22.7 Å². The fourth-order valence-corrected chi connectivity index (χ4v) is 6.51. The summed E-state index contributed by atoms with van der Waals surface area (Å²) in [5.41, 5.74) is 5.87. The average molecular weight is 654 g/mol. The first-order chi connectivity index (χ1) is 22.2. The molecule has 46 heavy (non-hydrogen) atoms. The number of rotatable bonds is 10. The summed E-state index contributed by atoms with van der Waals surface area (Å²) in [6.45, 7) is 7.75. The lowest BCUT2D eigenvalue weighted by molar-refractivity contribution is 0.0519. The van der Waals surface area contributed by atoms with E-state index in [-0.39, 0.29) is 35.6 Å². The van der Waals surface area contributed by atoms with Gasteiger partial charge in [0.05, 0.1) is 18.8 Å². The normalized spacial score (nSPS) is 10.7. The molecule has 0 aliphatic carbocycles. The van der Waals surface area contributed by atoms with Crippen molar-refractivity contribution in [2.75, 3.05) is 23.8 Å². The lowest BCUT2D eigenvalue weighted by Crippen LogP contribution is -2.18. The molecular weight excluding hydrogens is 623 g/mol. The molecule has 0 saturated heterocycles. The minimum Gasteiger partial charge on any atom is -0.462 e. The summed E-state index contributed by atoms with van der Waals surface area (Å²) in [6, 6.07) is 18.3. The van der Waals surface area contributed by atoms with E-state index >= 15 is 0 Å². The number of hydrogen-bond donors (Lipinski definition) is 2. The molecule has 0 unspecified atom stereocenters. The monoisotopic (exact) mass is 653 g/mol. The van der Waals surface area contributed by atoms with Crippen molar-refractivity contribution in [1.82, 2.24) is 4.98 Å². The molecule has 0 radical (unpaired) electrons. The number of aryl methyl sites for hydroxylation is 2. The summed E-state index contributed by atoms with van der Waals surface area (Å²) in [4.78, 5) is 56.4. The standard InChI is InChI=1S/C35H31N3O6S2/c1-5-43-34(41)28-25(22-11-7-20(3)8-12-22)18-45-32(28)37-30(39)24-15-16-27(36-17-24)31(40)38-33-29(35(42)44-6-2)26(19-46-33)23-13-9-21(4)10-14-23/h7-19H,5-6H2,1-4H3,(H,37,39)(H,38,40). The summed E-state index contributed by atoms with van der Waals surface area (Å²) < 4.78 is 10.6. The molecule has 0 saturated carbocycles. The van der Waals surface area contributed by atoms with Crippen molar-refractivity contribution >= 4 is 56.4 Å². The Morgan fingerprint density at radius 1 is 0.652 bits per heavy atom. The van der Waals surface area contributed by atoms with Crippen LogP contribution in [0.25, 0.3) is 22.3 Å². The van der Waals surface area contributed by atoms with Gasteiger partial charge in [0.15, 0.2) is 0 Å². The second-order valence-corrected chi connectivity index (χ2v) is 12.0. The summed E-state index contributed by atoms with van der Waals surface area (Å²) in [5, 5.41) is 9.85. The highest BCUT2D eigenvalue weighted by Gasteiger charge is 2.25. The number of aromatic nitrogens is 1. The van der Waals surface area contributed by atoms with Gasteiger partial charge in [0.25, 0.3) is 11.8 Å². The summed E-state index contributed by atoms with van der Waals surface area (Å²) in [6.07, 6.45) is 1.28. The Labute approximate surface area is 274 Å². The molecule has 3 aromatic heterocycles. The van der Waals surface area contributed by atoms with Crippen LogP contribution in [0.15, 0.2) is 77.6 Å². The van der Waals surface area contributed by atoms with E-state index in [1.54, 1.807) is 24.6 Å². The number of carbonyl (C=O) groups excluding carboxylic acids is 4. The van der Waals surface area contributed by atoms with Crippen LogP contribution < -0.4 is 10.6 Å². The van der Waals surface area contributed by atoms with Crippen molar-refractivity contribution in [3.8, 4) is 22.3 Å². The number of hydrogen-bond acceptors (Lipinski definition) is 9. The zero-order chi connectivity index (χ0) is 32.8. The number of nitrogens with zero attached hydrogens (tertiary/aromatic N) is 1. The van der Waals surface area contributed by atoms with Gasteiger partial charge < -0.3 is 20.1 Å². The van der Waals surface area contributed by atoms with Crippen molar-refractivity contribution in [3.05, 3.63) is 111 Å². The molecule has 11 heteroatoms. The van der Waals surface area contributed by atoms with Crippen molar-refractivity contribution in [2.24, 2.45) is 0 Å². The smallest absolute Gasteiger partial charge is 0.341 e. The maximum Gasteiger partial charge on any atom is 0.341 e. The van der Waals surface area contributed by atoms with Crippen molar-refractivity contribution < 1.29 is 28.7 Å². The van der Waals surface area contributed by atoms with E-state index in [9.17, 15) is 19.2 Å². The minimum absolute atomic E-state index is 0.0432. The van der Waals surface area contributed by atoms with Crippen LogP contribution in [0.1, 0.15) is 66.5 Å². The first kappa shape index (κ1) is 32.3. The molecule has 3 heterocycles. The van der Waals surface area contributed by atoms with Gasteiger partial charge in [-0.2, -0.15) is 0 Å². The molecule has 2 N–H and O–H groups in total. The SMILES string of the molecule is CCOC(=O)c1c(-c2ccc(C)cc2)csc1NC(=O)c1ccc(C(=O)Nc2scc(-c3ccc(C)cc3)c2C(=O)OCC)nc1. The highest BCUT2D eigenvalue weighted by Crippen LogP contribution is 2.38. The number of carbonyl (C=O) groups is 4. The van der Waals surface area contributed by atoms with E-state index in [0.29, 0.717) is 21.1 Å². The molecule has 0 bridgehead atoms. The Hall–Kier alpha value is -5.13. The Morgan fingerprint density at radius 3 is 1.52 bits per heavy atom. The van der Waals surface area contributed by atoms with Gasteiger partial charge in [0, 0.05) is 28.1 Å². The quantitative estimate of drug-likeness (QED) is 0.146. The van der Waals surface area contributed by atoms with Crippen molar-refractivity contribution in [1.29, 1.82) is 0 Å². The van der Waals surface area contributed by atoms with Gasteiger partial charge in [0.2, 0.25) is 0 Å². The molecule has 0 aliphatic heterocycles. The second-order valence-electron chi connectivity index (χ2n) is 10.2. The fraction of sp³-hybridized carbons (Fsp3) is 0.171. The number of nitrogens with one attached hydrogen (secondary N) is 2. The molecular formula is C35H31N3O6S2. The summed E-state index contributed by atoms with van der Waals surface area (Å²) >= 11 is 2.42. The van der Waals surface area contributed by atoms with Gasteiger partial charge in [-0.15, -0.1) is 22.7 Å². The number of thiophene rings is 2. The predicted octanol–water partition coefficient (Wildman–Crippen LogP) is 8.01. The number of amides is 2. The van der Waals surface area contributed by atoms with E-state index in [2.05, 4.69) is 15.6 Å². The van der Waals surface area contributed by atoms with Crippen LogP contribution in [0.5, 0.6) is 0 Å². The molecule has 2 amide bonds. The van der Waals surface area contributed by atoms with Crippen molar-refractivity contribution in [2.45, 2.75) is 27.7 Å². The third-order valence-electron chi connectivity index (χ3n) is 6.98. The van der Waals surface area contributed by atoms with Gasteiger partial charge >= 0.3 is 11.9 Å². The van der Waals surface area contributed by atoms with Crippen LogP contribution in [-0.2, 0) is 9.47 Å². The van der Waals surface area contributed by atoms with Crippen LogP contribution in [0, 0.1) is 13.8 Å². The van der Waals surface area contributed by atoms with E-state index in [4.69, 9.17) is 9.47 Å². The van der Waals surface area contributed by atoms with E-state index in [1.807, 2.05) is 62.4 Å². The Morgan fingerprint density at radius 2 is 1.11 bits per heavy atom. The molecule has 0 aliphatic rings. The average Bonchev–Trinajstić information content (AvgIpc) is 3.66. The third-order valence-corrected chi connectivity index (χ3v) is 8.77. The first-order valence-corrected chi connectivity index (χ1v) is 16.3. The van der Waals surface area contributed by atoms with E-state index < -0.39 is 23.8 Å². The number of benzene rings is 2. The number of anilines is 2. The highest BCUT2D eigenvalue weighted by molar-refractivity contribution is 7.15. The maximum atomic E-state index is 13.2. The summed E-state index contributed by atoms with van der Waals surface area (Å²) in [5.74, 6) is -2.15. The summed E-state index contributed by atoms with van der Waals surface area (Å²) in [7, 11) is 0. The molecule has 0 atom stereocenters. The number of pyridine rings is 1. The second kappa shape index (κ2) is 14.3. The van der Waals surface area contributed by atoms with Crippen LogP contribution in [-0.4, -0.2) is 42.0 Å². The Bertz CT molecular complexity index is 1750. The molecule has 0 spiro atoms. The van der Waals surface area contributed by atoms with Gasteiger partial charge in [0.1, 0.15) is 26.8 Å². The topological polar surface area (TPSA) is 124 Å². The fourth-order valence-electron chi connectivity index (χ4n) is 4.61. The molecule has 5 rings (SSSR count). The number of ether oxygens (including phenoxy) is 2.